The fourth-order valence-corrected chi connectivity index (χ4v) is 3.08. The molecule has 4 amide bonds. The molecule has 2 heterocycles. The van der Waals surface area contributed by atoms with Crippen LogP contribution >= 0.6 is 0 Å². The van der Waals surface area contributed by atoms with Crippen molar-refractivity contribution < 1.29 is 23.6 Å². The van der Waals surface area contributed by atoms with Crippen molar-refractivity contribution in [3.05, 3.63) is 35.1 Å². The third-order valence-electron chi connectivity index (χ3n) is 4.14. The van der Waals surface area contributed by atoms with E-state index in [9.17, 15) is 23.6 Å². The second-order valence-corrected chi connectivity index (χ2v) is 5.11. The van der Waals surface area contributed by atoms with E-state index in [1.165, 1.54) is 12.1 Å². The molecule has 20 heavy (non-hydrogen) atoms. The predicted octanol–water partition coefficient (Wildman–Crippen LogP) is -0.163. The Balaban J connectivity index is 1.87. The zero-order valence-corrected chi connectivity index (χ0v) is 9.97. The number of rotatable bonds is 1. The first-order valence-corrected chi connectivity index (χ1v) is 6.01. The van der Waals surface area contributed by atoms with E-state index in [0.717, 1.165) is 11.0 Å². The van der Waals surface area contributed by atoms with Crippen LogP contribution in [0, 0.1) is 11.7 Å². The highest BCUT2D eigenvalue weighted by Gasteiger charge is 2.75. The molecule has 1 aromatic carbocycles. The average molecular weight is 274 g/mol. The van der Waals surface area contributed by atoms with Gasteiger partial charge in [-0.2, -0.15) is 0 Å². The molecule has 6 nitrogen and oxygen atoms in total. The van der Waals surface area contributed by atoms with Crippen molar-refractivity contribution in [1.29, 1.82) is 0 Å². The van der Waals surface area contributed by atoms with Crippen LogP contribution in [0.25, 0.3) is 0 Å². The standard InChI is InChI=1S/C13H7FN2O4/c14-7-3-1-2-5-8(7)11(19)16(10(5)18)13-4-6(13)9(17)15-12(13)20/h1-3,6H,4H2,(H,15,17,20). The molecule has 3 aliphatic rings. The van der Waals surface area contributed by atoms with Gasteiger partial charge < -0.3 is 0 Å². The van der Waals surface area contributed by atoms with Gasteiger partial charge in [0.2, 0.25) is 5.91 Å². The van der Waals surface area contributed by atoms with Crippen LogP contribution in [0.15, 0.2) is 18.2 Å². The summed E-state index contributed by atoms with van der Waals surface area (Å²) in [6.07, 6.45) is 0.116. The van der Waals surface area contributed by atoms with Gasteiger partial charge in [0.25, 0.3) is 17.7 Å². The quantitative estimate of drug-likeness (QED) is 0.721. The molecular formula is C13H7FN2O4. The lowest BCUT2D eigenvalue weighted by molar-refractivity contribution is -0.128. The van der Waals surface area contributed by atoms with Gasteiger partial charge >= 0.3 is 0 Å². The van der Waals surface area contributed by atoms with Crippen LogP contribution in [0.2, 0.25) is 0 Å². The van der Waals surface area contributed by atoms with Crippen molar-refractivity contribution >= 4 is 23.6 Å². The topological polar surface area (TPSA) is 83.6 Å². The first kappa shape index (κ1) is 11.3. The van der Waals surface area contributed by atoms with E-state index in [1.807, 2.05) is 0 Å². The normalized spacial score (nSPS) is 30.4. The summed E-state index contributed by atoms with van der Waals surface area (Å²) in [4.78, 5) is 48.7. The lowest BCUT2D eigenvalue weighted by Gasteiger charge is -2.21. The zero-order valence-electron chi connectivity index (χ0n) is 9.97. The second-order valence-electron chi connectivity index (χ2n) is 5.11. The molecule has 2 aliphatic heterocycles. The van der Waals surface area contributed by atoms with Gasteiger partial charge in [0.05, 0.1) is 17.0 Å². The van der Waals surface area contributed by atoms with Crippen molar-refractivity contribution in [2.24, 2.45) is 5.92 Å². The molecule has 1 saturated heterocycles. The molecule has 2 atom stereocenters. The van der Waals surface area contributed by atoms with Crippen LogP contribution < -0.4 is 5.32 Å². The number of carbonyl (C=O) groups excluding carboxylic acids is 4. The summed E-state index contributed by atoms with van der Waals surface area (Å²) in [5.74, 6) is -4.25. The Labute approximate surface area is 111 Å². The summed E-state index contributed by atoms with van der Waals surface area (Å²) in [5, 5.41) is 2.10. The van der Waals surface area contributed by atoms with E-state index in [1.54, 1.807) is 0 Å². The summed E-state index contributed by atoms with van der Waals surface area (Å²) in [7, 11) is 0. The third kappa shape index (κ3) is 1.01. The number of amides is 4. The first-order valence-electron chi connectivity index (χ1n) is 6.01. The number of benzene rings is 1. The highest BCUT2D eigenvalue weighted by Crippen LogP contribution is 2.54. The van der Waals surface area contributed by atoms with E-state index >= 15 is 0 Å². The van der Waals surface area contributed by atoms with Gasteiger partial charge in [0, 0.05) is 0 Å². The average Bonchev–Trinajstić information content (AvgIpc) is 3.02. The number of piperidine rings is 1. The molecule has 2 unspecified atom stereocenters. The van der Waals surface area contributed by atoms with Crippen LogP contribution in [-0.4, -0.2) is 34.1 Å². The minimum absolute atomic E-state index is 0.0674. The maximum absolute atomic E-state index is 13.7. The third-order valence-corrected chi connectivity index (χ3v) is 4.14. The Kier molecular flexibility index (Phi) is 1.76. The highest BCUT2D eigenvalue weighted by atomic mass is 19.1. The Morgan fingerprint density at radius 2 is 1.95 bits per heavy atom. The molecule has 100 valence electrons. The Bertz CT molecular complexity index is 744. The Hall–Kier alpha value is -2.57. The van der Waals surface area contributed by atoms with Crippen molar-refractivity contribution in [2.45, 2.75) is 12.0 Å². The van der Waals surface area contributed by atoms with Gasteiger partial charge in [-0.25, -0.2) is 4.39 Å². The largest absolute Gasteiger partial charge is 0.294 e. The predicted molar refractivity (Wildman–Crippen MR) is 60.9 cm³/mol. The molecule has 0 radical (unpaired) electrons. The van der Waals surface area contributed by atoms with Gasteiger partial charge in [-0.1, -0.05) is 6.07 Å². The fraction of sp³-hybridized carbons (Fsp3) is 0.231. The van der Waals surface area contributed by atoms with Gasteiger partial charge in [-0.05, 0) is 18.6 Å². The van der Waals surface area contributed by atoms with E-state index in [0.29, 0.717) is 0 Å². The molecule has 1 aliphatic carbocycles. The van der Waals surface area contributed by atoms with Gasteiger partial charge in [-0.15, -0.1) is 0 Å². The van der Waals surface area contributed by atoms with Gasteiger partial charge in [-0.3, -0.25) is 29.4 Å². The maximum atomic E-state index is 13.7. The number of halogens is 1. The molecule has 0 spiro atoms. The number of nitrogens with zero attached hydrogens (tertiary/aromatic N) is 1. The minimum Gasteiger partial charge on any atom is -0.294 e. The van der Waals surface area contributed by atoms with E-state index in [2.05, 4.69) is 5.32 Å². The minimum atomic E-state index is -1.45. The molecule has 1 aromatic rings. The number of imide groups is 2. The fourth-order valence-electron chi connectivity index (χ4n) is 3.08. The molecule has 0 bridgehead atoms. The molecular weight excluding hydrogens is 267 g/mol. The molecule has 1 saturated carbocycles. The summed E-state index contributed by atoms with van der Waals surface area (Å²) in [5.41, 5.74) is -1.84. The lowest BCUT2D eigenvalue weighted by atomic mass is 10.1. The first-order chi connectivity index (χ1) is 9.48. The van der Waals surface area contributed by atoms with E-state index < -0.39 is 40.9 Å². The van der Waals surface area contributed by atoms with Crippen molar-refractivity contribution in [3.63, 3.8) is 0 Å². The monoisotopic (exact) mass is 274 g/mol. The van der Waals surface area contributed by atoms with Crippen molar-refractivity contribution in [2.75, 3.05) is 0 Å². The Morgan fingerprint density at radius 3 is 2.50 bits per heavy atom. The zero-order chi connectivity index (χ0) is 14.2. The van der Waals surface area contributed by atoms with Gasteiger partial charge in [0.1, 0.15) is 11.4 Å². The highest BCUT2D eigenvalue weighted by molar-refractivity contribution is 6.27. The van der Waals surface area contributed by atoms with Crippen molar-refractivity contribution in [1.82, 2.24) is 10.2 Å². The molecule has 4 rings (SSSR count). The number of hydrogen-bond acceptors (Lipinski definition) is 4. The van der Waals surface area contributed by atoms with E-state index in [4.69, 9.17) is 0 Å². The lowest BCUT2D eigenvalue weighted by Crippen LogP contribution is -2.49. The number of hydrogen-bond donors (Lipinski definition) is 1. The van der Waals surface area contributed by atoms with Crippen LogP contribution in [0.5, 0.6) is 0 Å². The summed E-state index contributed by atoms with van der Waals surface area (Å²) in [6, 6.07) is 3.74. The molecule has 2 fully saturated rings. The van der Waals surface area contributed by atoms with Gasteiger partial charge in [0.15, 0.2) is 0 Å². The van der Waals surface area contributed by atoms with Crippen LogP contribution in [0.4, 0.5) is 4.39 Å². The van der Waals surface area contributed by atoms with Crippen LogP contribution in [-0.2, 0) is 9.59 Å². The van der Waals surface area contributed by atoms with Crippen molar-refractivity contribution in [3.8, 4) is 0 Å². The second kappa shape index (κ2) is 3.12. The Morgan fingerprint density at radius 1 is 1.20 bits per heavy atom. The number of carbonyl (C=O) groups is 4. The van der Waals surface area contributed by atoms with Crippen LogP contribution in [0.1, 0.15) is 27.1 Å². The van der Waals surface area contributed by atoms with E-state index in [-0.39, 0.29) is 17.5 Å². The molecule has 1 N–H and O–H groups in total. The van der Waals surface area contributed by atoms with Crippen LogP contribution in [0.3, 0.4) is 0 Å². The SMILES string of the molecule is O=C1NC(=O)C2(N3C(=O)c4cccc(F)c4C3=O)CC12. The summed E-state index contributed by atoms with van der Waals surface area (Å²) < 4.78 is 13.7. The summed E-state index contributed by atoms with van der Waals surface area (Å²) >= 11 is 0. The molecule has 7 heteroatoms. The maximum Gasteiger partial charge on any atom is 0.265 e. The number of nitrogens with one attached hydrogen (secondary N) is 1. The number of fused-ring (bicyclic) bond motifs is 2. The summed E-state index contributed by atoms with van der Waals surface area (Å²) in [6.45, 7) is 0. The smallest absolute Gasteiger partial charge is 0.265 e. The molecule has 0 aromatic heterocycles.